The molecule has 0 fully saturated rings. The SMILES string of the molecule is CCCCCCCCCCOc1ccc(-c2nnc(NC(=O)c3ccc(OC[C@@H](Cl)[C@@H](C)CC)cc3)s2)cc1. The van der Waals surface area contributed by atoms with E-state index >= 15 is 0 Å². The number of hydrogen-bond acceptors (Lipinski definition) is 6. The number of nitrogens with one attached hydrogen (secondary N) is 1. The molecule has 0 saturated carbocycles. The van der Waals surface area contributed by atoms with Crippen molar-refractivity contribution < 1.29 is 14.3 Å². The average Bonchev–Trinajstić information content (AvgIpc) is 3.43. The van der Waals surface area contributed by atoms with Crippen LogP contribution < -0.4 is 14.8 Å². The van der Waals surface area contributed by atoms with Crippen LogP contribution in [0.25, 0.3) is 10.6 Å². The summed E-state index contributed by atoms with van der Waals surface area (Å²) in [7, 11) is 0. The molecule has 0 unspecified atom stereocenters. The number of halogens is 1. The summed E-state index contributed by atoms with van der Waals surface area (Å²) in [6, 6.07) is 14.9. The molecule has 6 nitrogen and oxygen atoms in total. The van der Waals surface area contributed by atoms with Crippen LogP contribution in [-0.4, -0.2) is 34.7 Å². The van der Waals surface area contributed by atoms with Crippen LogP contribution in [0.5, 0.6) is 11.5 Å². The van der Waals surface area contributed by atoms with Gasteiger partial charge in [-0.25, -0.2) is 0 Å². The van der Waals surface area contributed by atoms with Gasteiger partial charge >= 0.3 is 0 Å². The van der Waals surface area contributed by atoms with Gasteiger partial charge in [0, 0.05) is 11.1 Å². The zero-order chi connectivity index (χ0) is 27.9. The van der Waals surface area contributed by atoms with Crippen LogP contribution in [-0.2, 0) is 0 Å². The minimum Gasteiger partial charge on any atom is -0.494 e. The van der Waals surface area contributed by atoms with Crippen LogP contribution in [0.2, 0.25) is 0 Å². The molecule has 1 heterocycles. The Labute approximate surface area is 242 Å². The number of anilines is 1. The Morgan fingerprint density at radius 2 is 1.49 bits per heavy atom. The molecular weight excluding hydrogens is 530 g/mol. The predicted molar refractivity (Wildman–Crippen MR) is 162 cm³/mol. The molecule has 3 aromatic rings. The quantitative estimate of drug-likeness (QED) is 0.122. The van der Waals surface area contributed by atoms with Gasteiger partial charge in [0.15, 0.2) is 0 Å². The molecule has 0 aliphatic heterocycles. The van der Waals surface area contributed by atoms with Crippen molar-refractivity contribution in [2.24, 2.45) is 5.92 Å². The maximum absolute atomic E-state index is 12.7. The number of unbranched alkanes of at least 4 members (excludes halogenated alkanes) is 7. The van der Waals surface area contributed by atoms with E-state index in [1.807, 2.05) is 24.3 Å². The summed E-state index contributed by atoms with van der Waals surface area (Å²) in [6.45, 7) is 7.64. The van der Waals surface area contributed by atoms with Crippen molar-refractivity contribution in [1.29, 1.82) is 0 Å². The van der Waals surface area contributed by atoms with E-state index in [9.17, 15) is 4.79 Å². The van der Waals surface area contributed by atoms with Crippen molar-refractivity contribution in [2.75, 3.05) is 18.5 Å². The Hall–Kier alpha value is -2.64. The number of amides is 1. The summed E-state index contributed by atoms with van der Waals surface area (Å²) in [5.41, 5.74) is 1.45. The lowest BCUT2D eigenvalue weighted by atomic mass is 10.1. The lowest BCUT2D eigenvalue weighted by Gasteiger charge is -2.16. The van der Waals surface area contributed by atoms with Gasteiger partial charge in [0.2, 0.25) is 5.13 Å². The highest BCUT2D eigenvalue weighted by molar-refractivity contribution is 7.18. The van der Waals surface area contributed by atoms with Crippen LogP contribution in [0.4, 0.5) is 5.13 Å². The molecule has 0 saturated heterocycles. The lowest BCUT2D eigenvalue weighted by Crippen LogP contribution is -2.19. The second-order valence-electron chi connectivity index (χ2n) is 9.95. The first-order valence-corrected chi connectivity index (χ1v) is 15.5. The summed E-state index contributed by atoms with van der Waals surface area (Å²) in [5, 5.41) is 12.3. The van der Waals surface area contributed by atoms with Gasteiger partial charge in [-0.2, -0.15) is 0 Å². The molecule has 2 aromatic carbocycles. The molecule has 3 rings (SSSR count). The van der Waals surface area contributed by atoms with Gasteiger partial charge in [-0.15, -0.1) is 21.8 Å². The van der Waals surface area contributed by atoms with Gasteiger partial charge in [0.25, 0.3) is 5.91 Å². The second kappa shape index (κ2) is 17.1. The first-order valence-electron chi connectivity index (χ1n) is 14.2. The summed E-state index contributed by atoms with van der Waals surface area (Å²) in [5.74, 6) is 1.67. The highest BCUT2D eigenvalue weighted by Gasteiger charge is 2.14. The summed E-state index contributed by atoms with van der Waals surface area (Å²) in [4.78, 5) is 12.7. The fourth-order valence-electron chi connectivity index (χ4n) is 3.98. The summed E-state index contributed by atoms with van der Waals surface area (Å²) >= 11 is 7.68. The Bertz CT molecular complexity index is 1110. The third-order valence-corrected chi connectivity index (χ3v) is 8.24. The molecule has 39 heavy (non-hydrogen) atoms. The van der Waals surface area contributed by atoms with Gasteiger partial charge in [0.1, 0.15) is 23.1 Å². The minimum absolute atomic E-state index is 0.0481. The Balaban J connectivity index is 1.40. The number of hydrogen-bond donors (Lipinski definition) is 1. The van der Waals surface area contributed by atoms with E-state index in [0.29, 0.717) is 29.0 Å². The van der Waals surface area contributed by atoms with Crippen molar-refractivity contribution in [3.63, 3.8) is 0 Å². The largest absolute Gasteiger partial charge is 0.494 e. The molecule has 0 aliphatic rings. The Kier molecular flexibility index (Phi) is 13.6. The molecule has 212 valence electrons. The van der Waals surface area contributed by atoms with Crippen molar-refractivity contribution in [2.45, 2.75) is 83.9 Å². The maximum atomic E-state index is 12.7. The topological polar surface area (TPSA) is 73.3 Å². The first-order chi connectivity index (χ1) is 19.0. The van der Waals surface area contributed by atoms with Gasteiger partial charge in [-0.1, -0.05) is 83.5 Å². The van der Waals surface area contributed by atoms with Crippen LogP contribution in [0.3, 0.4) is 0 Å². The van der Waals surface area contributed by atoms with Crippen molar-refractivity contribution >= 4 is 34.0 Å². The highest BCUT2D eigenvalue weighted by atomic mass is 35.5. The zero-order valence-corrected chi connectivity index (χ0v) is 25.0. The molecule has 1 amide bonds. The van der Waals surface area contributed by atoms with Crippen LogP contribution in [0, 0.1) is 5.92 Å². The van der Waals surface area contributed by atoms with Crippen molar-refractivity contribution in [3.8, 4) is 22.1 Å². The second-order valence-corrected chi connectivity index (χ2v) is 11.5. The van der Waals surface area contributed by atoms with Crippen LogP contribution in [0.1, 0.15) is 88.9 Å². The van der Waals surface area contributed by atoms with Crippen molar-refractivity contribution in [3.05, 3.63) is 54.1 Å². The highest BCUT2D eigenvalue weighted by Crippen LogP contribution is 2.28. The molecule has 0 aliphatic carbocycles. The normalized spacial score (nSPS) is 12.6. The lowest BCUT2D eigenvalue weighted by molar-refractivity contribution is 0.102. The minimum atomic E-state index is -0.246. The van der Waals surface area contributed by atoms with E-state index in [-0.39, 0.29) is 11.3 Å². The van der Waals surface area contributed by atoms with Crippen LogP contribution >= 0.6 is 22.9 Å². The van der Waals surface area contributed by atoms with E-state index in [1.54, 1.807) is 24.3 Å². The Morgan fingerprint density at radius 3 is 2.15 bits per heavy atom. The van der Waals surface area contributed by atoms with Crippen LogP contribution in [0.15, 0.2) is 48.5 Å². The third kappa shape index (κ3) is 10.8. The van der Waals surface area contributed by atoms with E-state index in [1.165, 1.54) is 56.3 Å². The molecular formula is C31H42ClN3O3S. The predicted octanol–water partition coefficient (Wildman–Crippen LogP) is 9.01. The number of carbonyl (C=O) groups excluding carboxylic acids is 1. The van der Waals surface area contributed by atoms with E-state index in [0.717, 1.165) is 35.8 Å². The number of rotatable bonds is 18. The number of ether oxygens (including phenoxy) is 2. The summed E-state index contributed by atoms with van der Waals surface area (Å²) < 4.78 is 11.7. The molecule has 8 heteroatoms. The molecule has 0 spiro atoms. The van der Waals surface area contributed by atoms with Gasteiger partial charge < -0.3 is 9.47 Å². The molecule has 0 bridgehead atoms. The van der Waals surface area contributed by atoms with Gasteiger partial charge in [-0.05, 0) is 60.9 Å². The molecule has 0 radical (unpaired) electrons. The smallest absolute Gasteiger partial charge is 0.257 e. The fourth-order valence-corrected chi connectivity index (χ4v) is 4.96. The number of aromatic nitrogens is 2. The maximum Gasteiger partial charge on any atom is 0.257 e. The zero-order valence-electron chi connectivity index (χ0n) is 23.5. The average molecular weight is 572 g/mol. The molecule has 1 N–H and O–H groups in total. The Morgan fingerprint density at radius 1 is 0.872 bits per heavy atom. The van der Waals surface area contributed by atoms with Gasteiger partial charge in [0.05, 0.1) is 12.0 Å². The van der Waals surface area contributed by atoms with E-state index in [2.05, 4.69) is 36.3 Å². The van der Waals surface area contributed by atoms with Crippen molar-refractivity contribution in [1.82, 2.24) is 10.2 Å². The van der Waals surface area contributed by atoms with E-state index < -0.39 is 0 Å². The molecule has 1 aromatic heterocycles. The number of alkyl halides is 1. The number of benzene rings is 2. The summed E-state index contributed by atoms with van der Waals surface area (Å²) in [6.07, 6.45) is 11.3. The first kappa shape index (κ1) is 30.9. The standard InChI is InChI=1S/C31H42ClN3O3S/c1-4-6-7-8-9-10-11-12-21-37-26-19-15-25(16-20-26)30-34-35-31(39-30)33-29(36)24-13-17-27(18-14-24)38-22-28(32)23(3)5-2/h13-20,23,28H,4-12,21-22H2,1-3H3,(H,33,35,36)/t23-,28+/m0/s1. The fraction of sp³-hybridized carbons (Fsp3) is 0.516. The van der Waals surface area contributed by atoms with Gasteiger partial charge in [-0.3, -0.25) is 10.1 Å². The third-order valence-electron chi connectivity index (χ3n) is 6.80. The monoisotopic (exact) mass is 571 g/mol. The van der Waals surface area contributed by atoms with E-state index in [4.69, 9.17) is 21.1 Å². The number of carbonyl (C=O) groups is 1. The number of nitrogens with zero attached hydrogens (tertiary/aromatic N) is 2. The molecule has 2 atom stereocenters.